The first kappa shape index (κ1) is 8.11. The lowest BCUT2D eigenvalue weighted by molar-refractivity contribution is -0.118. The van der Waals surface area contributed by atoms with Crippen LogP contribution in [0, 0.1) is 10.8 Å². The Kier molecular flexibility index (Phi) is 2.52. The molecule has 1 aliphatic carbocycles. The molecule has 1 amide bonds. The third-order valence-corrected chi connectivity index (χ3v) is 2.15. The van der Waals surface area contributed by atoms with Crippen LogP contribution in [0.3, 0.4) is 0 Å². The monoisotopic (exact) mass is 153 g/mol. The molecule has 60 valence electrons. The summed E-state index contributed by atoms with van der Waals surface area (Å²) in [7, 11) is 0. The van der Waals surface area contributed by atoms with Crippen molar-refractivity contribution in [1.29, 1.82) is 0 Å². The normalized spacial score (nSPS) is 23.0. The third-order valence-electron chi connectivity index (χ3n) is 2.15. The first-order chi connectivity index (χ1) is 5.24. The van der Waals surface area contributed by atoms with Crippen LogP contribution in [0.5, 0.6) is 0 Å². The molecule has 11 heavy (non-hydrogen) atoms. The van der Waals surface area contributed by atoms with E-state index in [9.17, 15) is 9.70 Å². The maximum atomic E-state index is 10.6. The highest BCUT2D eigenvalue weighted by Crippen LogP contribution is 2.28. The van der Waals surface area contributed by atoms with Crippen molar-refractivity contribution in [3.8, 4) is 0 Å². The molecule has 0 spiro atoms. The van der Waals surface area contributed by atoms with E-state index in [1.54, 1.807) is 0 Å². The average molecular weight is 153 g/mol. The zero-order valence-corrected chi connectivity index (χ0v) is 6.54. The van der Waals surface area contributed by atoms with Crippen LogP contribution in [-0.4, -0.2) is 5.91 Å². The number of rotatable bonds is 2. The molecule has 1 atom stereocenters. The summed E-state index contributed by atoms with van der Waals surface area (Å²) in [6, 6.07) is 0. The van der Waals surface area contributed by atoms with Crippen LogP contribution in [0.15, 0.2) is 16.8 Å². The quantitative estimate of drug-likeness (QED) is 0.450. The van der Waals surface area contributed by atoms with Crippen LogP contribution in [0.4, 0.5) is 0 Å². The van der Waals surface area contributed by atoms with Gasteiger partial charge in [-0.15, -0.1) is 4.91 Å². The van der Waals surface area contributed by atoms with E-state index in [2.05, 4.69) is 11.3 Å². The summed E-state index contributed by atoms with van der Waals surface area (Å²) in [5, 5.41) is 2.37. The van der Waals surface area contributed by atoms with Crippen molar-refractivity contribution in [2.45, 2.75) is 26.2 Å². The predicted molar refractivity (Wildman–Crippen MR) is 41.9 cm³/mol. The molecule has 0 aromatic rings. The second-order valence-electron chi connectivity index (χ2n) is 2.91. The zero-order valence-electron chi connectivity index (χ0n) is 6.54. The van der Waals surface area contributed by atoms with E-state index in [1.807, 2.05) is 6.92 Å². The van der Waals surface area contributed by atoms with E-state index in [-0.39, 0.29) is 5.92 Å². The van der Waals surface area contributed by atoms with Gasteiger partial charge in [-0.1, -0.05) is 11.6 Å². The van der Waals surface area contributed by atoms with Gasteiger partial charge in [0.2, 0.25) is 0 Å². The summed E-state index contributed by atoms with van der Waals surface area (Å²) in [5.74, 6) is -0.246. The molecule has 0 N–H and O–H groups in total. The summed E-state index contributed by atoms with van der Waals surface area (Å²) in [6.07, 6.45) is 4.43. The Morgan fingerprint density at radius 1 is 1.82 bits per heavy atom. The van der Waals surface area contributed by atoms with Crippen molar-refractivity contribution >= 4 is 5.91 Å². The highest BCUT2D eigenvalue weighted by atomic mass is 16.3. The van der Waals surface area contributed by atoms with Gasteiger partial charge in [-0.2, -0.15) is 0 Å². The van der Waals surface area contributed by atoms with Crippen molar-refractivity contribution < 1.29 is 4.79 Å². The van der Waals surface area contributed by atoms with Gasteiger partial charge in [-0.3, -0.25) is 4.79 Å². The molecule has 3 heteroatoms. The molecule has 3 nitrogen and oxygen atoms in total. The smallest absolute Gasteiger partial charge is 0.269 e. The highest BCUT2D eigenvalue weighted by molar-refractivity contribution is 5.77. The molecular weight excluding hydrogens is 142 g/mol. The maximum Gasteiger partial charge on any atom is 0.286 e. The standard InChI is InChI=1S/C8H11NO2/c1-6-3-2-4-7(6)5-8(10)9-11/h3,7H,2,4-5H2,1H3. The van der Waals surface area contributed by atoms with Crippen LogP contribution in [0.1, 0.15) is 26.2 Å². The predicted octanol–water partition coefficient (Wildman–Crippen LogP) is 2.03. The average Bonchev–Trinajstić information content (AvgIpc) is 2.37. The zero-order chi connectivity index (χ0) is 8.27. The van der Waals surface area contributed by atoms with Crippen LogP contribution in [0.25, 0.3) is 0 Å². The van der Waals surface area contributed by atoms with Crippen molar-refractivity contribution in [2.75, 3.05) is 0 Å². The summed E-state index contributed by atoms with van der Waals surface area (Å²) in [6.45, 7) is 2.00. The summed E-state index contributed by atoms with van der Waals surface area (Å²) < 4.78 is 0. The molecule has 1 unspecified atom stereocenters. The fourth-order valence-electron chi connectivity index (χ4n) is 1.42. The molecular formula is C8H11NO2. The molecule has 0 bridgehead atoms. The lowest BCUT2D eigenvalue weighted by Crippen LogP contribution is -2.03. The number of hydrogen-bond acceptors (Lipinski definition) is 2. The van der Waals surface area contributed by atoms with Crippen LogP contribution < -0.4 is 0 Å². The van der Waals surface area contributed by atoms with E-state index in [4.69, 9.17) is 0 Å². The minimum absolute atomic E-state index is 0.278. The molecule has 0 aromatic heterocycles. The molecule has 0 saturated heterocycles. The van der Waals surface area contributed by atoms with E-state index in [0.29, 0.717) is 6.42 Å². The van der Waals surface area contributed by atoms with E-state index < -0.39 is 5.91 Å². The first-order valence-electron chi connectivity index (χ1n) is 3.77. The maximum absolute atomic E-state index is 10.6. The van der Waals surface area contributed by atoms with Gasteiger partial charge in [0.15, 0.2) is 0 Å². The Hall–Kier alpha value is -0.990. The summed E-state index contributed by atoms with van der Waals surface area (Å²) >= 11 is 0. The van der Waals surface area contributed by atoms with Gasteiger partial charge in [-0.05, 0) is 25.7 Å². The topological polar surface area (TPSA) is 46.5 Å². The number of hydrogen-bond donors (Lipinski definition) is 0. The number of carbonyl (C=O) groups excluding carboxylic acids is 1. The Balaban J connectivity index is 2.44. The molecule has 1 aliphatic rings. The number of allylic oxidation sites excluding steroid dienone is 2. The molecule has 0 radical (unpaired) electrons. The van der Waals surface area contributed by atoms with Crippen LogP contribution >= 0.6 is 0 Å². The van der Waals surface area contributed by atoms with Crippen molar-refractivity contribution in [3.63, 3.8) is 0 Å². The SMILES string of the molecule is CC1=CCCC1CC(=O)N=O. The minimum atomic E-state index is -0.523. The second kappa shape index (κ2) is 3.42. The van der Waals surface area contributed by atoms with Gasteiger partial charge in [0.05, 0.1) is 0 Å². The Labute approximate surface area is 65.5 Å². The van der Waals surface area contributed by atoms with E-state index >= 15 is 0 Å². The largest absolute Gasteiger partial charge is 0.286 e. The lowest BCUT2D eigenvalue weighted by Gasteiger charge is -2.06. The number of carbonyl (C=O) groups is 1. The van der Waals surface area contributed by atoms with Crippen molar-refractivity contribution in [3.05, 3.63) is 16.6 Å². The van der Waals surface area contributed by atoms with Gasteiger partial charge < -0.3 is 0 Å². The first-order valence-corrected chi connectivity index (χ1v) is 3.77. The van der Waals surface area contributed by atoms with Crippen molar-refractivity contribution in [2.24, 2.45) is 11.1 Å². The van der Waals surface area contributed by atoms with E-state index in [1.165, 1.54) is 5.57 Å². The highest BCUT2D eigenvalue weighted by Gasteiger charge is 2.18. The minimum Gasteiger partial charge on any atom is -0.269 e. The van der Waals surface area contributed by atoms with E-state index in [0.717, 1.165) is 12.8 Å². The fourth-order valence-corrected chi connectivity index (χ4v) is 1.42. The number of nitroso groups, excluding NO2 is 1. The number of amides is 1. The van der Waals surface area contributed by atoms with Gasteiger partial charge in [0, 0.05) is 11.6 Å². The lowest BCUT2D eigenvalue weighted by atomic mass is 9.99. The Bertz CT molecular complexity index is 208. The summed E-state index contributed by atoms with van der Waals surface area (Å²) in [5.41, 5.74) is 1.22. The Morgan fingerprint density at radius 3 is 3.00 bits per heavy atom. The third kappa shape index (κ3) is 1.97. The molecule has 1 rings (SSSR count). The van der Waals surface area contributed by atoms with Crippen LogP contribution in [0.2, 0.25) is 0 Å². The summed E-state index contributed by atoms with van der Waals surface area (Å²) in [4.78, 5) is 20.4. The molecule has 0 aliphatic heterocycles. The molecule has 0 heterocycles. The van der Waals surface area contributed by atoms with Gasteiger partial charge in [0.1, 0.15) is 0 Å². The van der Waals surface area contributed by atoms with Gasteiger partial charge >= 0.3 is 0 Å². The molecule has 0 fully saturated rings. The fraction of sp³-hybridized carbons (Fsp3) is 0.625. The van der Waals surface area contributed by atoms with Gasteiger partial charge in [-0.25, -0.2) is 0 Å². The van der Waals surface area contributed by atoms with Gasteiger partial charge in [0.25, 0.3) is 5.91 Å². The second-order valence-corrected chi connectivity index (χ2v) is 2.91. The Morgan fingerprint density at radius 2 is 2.55 bits per heavy atom. The molecule has 0 aromatic carbocycles. The van der Waals surface area contributed by atoms with Crippen molar-refractivity contribution in [1.82, 2.24) is 0 Å². The molecule has 0 saturated carbocycles. The van der Waals surface area contributed by atoms with Crippen LogP contribution in [-0.2, 0) is 4.79 Å². The number of nitrogens with zero attached hydrogens (tertiary/aromatic N) is 1.